The van der Waals surface area contributed by atoms with Gasteiger partial charge in [0.1, 0.15) is 5.69 Å². The van der Waals surface area contributed by atoms with Crippen LogP contribution in [0, 0.1) is 5.92 Å². The average Bonchev–Trinajstić information content (AvgIpc) is 2.48. The van der Waals surface area contributed by atoms with Gasteiger partial charge in [0.25, 0.3) is 5.91 Å². The summed E-state index contributed by atoms with van der Waals surface area (Å²) >= 11 is 0. The Kier molecular flexibility index (Phi) is 4.71. The van der Waals surface area contributed by atoms with Crippen LogP contribution in [0.3, 0.4) is 0 Å². The van der Waals surface area contributed by atoms with Crippen molar-refractivity contribution in [3.8, 4) is 0 Å². The van der Waals surface area contributed by atoms with E-state index < -0.39 is 5.97 Å². The topological polar surface area (TPSA) is 79.3 Å². The second kappa shape index (κ2) is 6.50. The van der Waals surface area contributed by atoms with Gasteiger partial charge >= 0.3 is 5.97 Å². The number of rotatable bonds is 4. The molecule has 1 aromatic heterocycles. The maximum Gasteiger partial charge on any atom is 0.335 e. The molecule has 0 bridgehead atoms. The molecule has 2 unspecified atom stereocenters. The van der Waals surface area contributed by atoms with Crippen molar-refractivity contribution in [1.29, 1.82) is 0 Å². The average molecular weight is 276 g/mol. The van der Waals surface area contributed by atoms with Crippen molar-refractivity contribution in [2.75, 3.05) is 0 Å². The number of carboxylic acids is 1. The minimum absolute atomic E-state index is 0.0841. The summed E-state index contributed by atoms with van der Waals surface area (Å²) < 4.78 is 0. The van der Waals surface area contributed by atoms with Crippen LogP contribution >= 0.6 is 0 Å². The van der Waals surface area contributed by atoms with Crippen molar-refractivity contribution < 1.29 is 14.7 Å². The van der Waals surface area contributed by atoms with Gasteiger partial charge in [-0.3, -0.25) is 9.78 Å². The molecule has 2 atom stereocenters. The maximum atomic E-state index is 12.2. The molecule has 20 heavy (non-hydrogen) atoms. The van der Waals surface area contributed by atoms with E-state index in [1.165, 1.54) is 24.8 Å². The van der Waals surface area contributed by atoms with Crippen molar-refractivity contribution in [3.05, 3.63) is 29.6 Å². The quantitative estimate of drug-likeness (QED) is 0.885. The Hall–Kier alpha value is -1.91. The number of nitrogens with one attached hydrogen (secondary N) is 1. The van der Waals surface area contributed by atoms with Crippen LogP contribution in [0.1, 0.15) is 59.9 Å². The first-order chi connectivity index (χ1) is 9.61. The Balaban J connectivity index is 2.07. The van der Waals surface area contributed by atoms with E-state index in [9.17, 15) is 9.59 Å². The molecule has 1 heterocycles. The van der Waals surface area contributed by atoms with E-state index in [0.717, 1.165) is 25.7 Å². The molecule has 0 spiro atoms. The zero-order chi connectivity index (χ0) is 14.5. The fourth-order valence-corrected chi connectivity index (χ4v) is 2.82. The van der Waals surface area contributed by atoms with Crippen LogP contribution in [-0.4, -0.2) is 28.0 Å². The standard InChI is InChI=1S/C15H20N2O3/c1-2-10-5-3-4-6-12(10)17-14(18)13-9-11(15(19)20)7-8-16-13/h7-10,12H,2-6H2,1H3,(H,17,18)(H,19,20). The van der Waals surface area contributed by atoms with Crippen LogP contribution in [0.15, 0.2) is 18.3 Å². The molecule has 0 aliphatic heterocycles. The highest BCUT2D eigenvalue weighted by molar-refractivity contribution is 5.95. The van der Waals surface area contributed by atoms with Crippen molar-refractivity contribution in [1.82, 2.24) is 10.3 Å². The van der Waals surface area contributed by atoms with Crippen molar-refractivity contribution in [2.45, 2.75) is 45.1 Å². The fourth-order valence-electron chi connectivity index (χ4n) is 2.82. The number of carbonyl (C=O) groups excluding carboxylic acids is 1. The van der Waals surface area contributed by atoms with Gasteiger partial charge in [-0.05, 0) is 30.9 Å². The summed E-state index contributed by atoms with van der Waals surface area (Å²) in [5, 5.41) is 11.9. The Morgan fingerprint density at radius 2 is 2.15 bits per heavy atom. The fraction of sp³-hybridized carbons (Fsp3) is 0.533. The van der Waals surface area contributed by atoms with Gasteiger partial charge < -0.3 is 10.4 Å². The summed E-state index contributed by atoms with van der Waals surface area (Å²) in [7, 11) is 0. The number of amides is 1. The van der Waals surface area contributed by atoms with E-state index in [1.807, 2.05) is 0 Å². The highest BCUT2D eigenvalue weighted by Gasteiger charge is 2.25. The largest absolute Gasteiger partial charge is 0.478 e. The molecule has 1 saturated carbocycles. The molecule has 108 valence electrons. The summed E-state index contributed by atoms with van der Waals surface area (Å²) in [4.78, 5) is 27.1. The third-order valence-corrected chi connectivity index (χ3v) is 3.99. The number of aromatic nitrogens is 1. The summed E-state index contributed by atoms with van der Waals surface area (Å²) in [6.45, 7) is 2.14. The van der Waals surface area contributed by atoms with Gasteiger partial charge in [-0.1, -0.05) is 26.2 Å². The van der Waals surface area contributed by atoms with Crippen LogP contribution in [0.5, 0.6) is 0 Å². The van der Waals surface area contributed by atoms with Crippen molar-refractivity contribution >= 4 is 11.9 Å². The van der Waals surface area contributed by atoms with Gasteiger partial charge in [0.05, 0.1) is 5.56 Å². The molecule has 2 rings (SSSR count). The molecule has 1 aliphatic carbocycles. The first-order valence-electron chi connectivity index (χ1n) is 7.12. The van der Waals surface area contributed by atoms with Gasteiger partial charge in [0, 0.05) is 12.2 Å². The minimum atomic E-state index is -1.05. The number of carbonyl (C=O) groups is 2. The summed E-state index contributed by atoms with van der Waals surface area (Å²) in [6.07, 6.45) is 6.89. The van der Waals surface area contributed by atoms with Crippen molar-refractivity contribution in [2.24, 2.45) is 5.92 Å². The van der Waals surface area contributed by atoms with Crippen LogP contribution in [-0.2, 0) is 0 Å². The highest BCUT2D eigenvalue weighted by Crippen LogP contribution is 2.26. The molecule has 1 amide bonds. The van der Waals surface area contributed by atoms with Crippen molar-refractivity contribution in [3.63, 3.8) is 0 Å². The minimum Gasteiger partial charge on any atom is -0.478 e. The lowest BCUT2D eigenvalue weighted by Crippen LogP contribution is -2.42. The second-order valence-corrected chi connectivity index (χ2v) is 5.27. The maximum absolute atomic E-state index is 12.2. The third kappa shape index (κ3) is 3.35. The van der Waals surface area contributed by atoms with Gasteiger partial charge in [-0.15, -0.1) is 0 Å². The van der Waals surface area contributed by atoms with Gasteiger partial charge in [0.2, 0.25) is 0 Å². The lowest BCUT2D eigenvalue weighted by molar-refractivity contribution is 0.0696. The predicted octanol–water partition coefficient (Wildman–Crippen LogP) is 2.48. The number of hydrogen-bond acceptors (Lipinski definition) is 3. The second-order valence-electron chi connectivity index (χ2n) is 5.27. The molecule has 1 aromatic rings. The molecule has 1 fully saturated rings. The number of nitrogens with zero attached hydrogens (tertiary/aromatic N) is 1. The predicted molar refractivity (Wildman–Crippen MR) is 74.7 cm³/mol. The lowest BCUT2D eigenvalue weighted by atomic mass is 9.83. The number of aromatic carboxylic acids is 1. The SMILES string of the molecule is CCC1CCCCC1NC(=O)c1cc(C(=O)O)ccn1. The van der Waals surface area contributed by atoms with E-state index in [-0.39, 0.29) is 23.2 Å². The first kappa shape index (κ1) is 14.5. The zero-order valence-corrected chi connectivity index (χ0v) is 11.6. The molecular formula is C15H20N2O3. The monoisotopic (exact) mass is 276 g/mol. The summed E-state index contributed by atoms with van der Waals surface area (Å²) in [6, 6.07) is 2.88. The zero-order valence-electron chi connectivity index (χ0n) is 11.6. The van der Waals surface area contributed by atoms with E-state index in [4.69, 9.17) is 5.11 Å². The smallest absolute Gasteiger partial charge is 0.335 e. The summed E-state index contributed by atoms with van der Waals surface area (Å²) in [5.74, 6) is -0.820. The molecule has 2 N–H and O–H groups in total. The lowest BCUT2D eigenvalue weighted by Gasteiger charge is -2.31. The highest BCUT2D eigenvalue weighted by atomic mass is 16.4. The Bertz CT molecular complexity index is 502. The van der Waals surface area contributed by atoms with Gasteiger partial charge in [-0.2, -0.15) is 0 Å². The van der Waals surface area contributed by atoms with Gasteiger partial charge in [-0.25, -0.2) is 4.79 Å². The third-order valence-electron chi connectivity index (χ3n) is 3.99. The molecule has 5 heteroatoms. The van der Waals surface area contributed by atoms with E-state index >= 15 is 0 Å². The number of pyridine rings is 1. The normalized spacial score (nSPS) is 22.2. The Morgan fingerprint density at radius 3 is 2.85 bits per heavy atom. The van der Waals surface area contributed by atoms with Crippen LogP contribution < -0.4 is 5.32 Å². The molecule has 0 saturated heterocycles. The molecule has 0 aromatic carbocycles. The van der Waals surface area contributed by atoms with Crippen LogP contribution in [0.2, 0.25) is 0 Å². The van der Waals surface area contributed by atoms with Crippen LogP contribution in [0.25, 0.3) is 0 Å². The Morgan fingerprint density at radius 1 is 1.40 bits per heavy atom. The number of carboxylic acid groups (broad SMARTS) is 1. The summed E-state index contributed by atoms with van der Waals surface area (Å²) in [5.41, 5.74) is 0.256. The molecule has 0 radical (unpaired) electrons. The first-order valence-corrected chi connectivity index (χ1v) is 7.12. The Labute approximate surface area is 118 Å². The number of hydrogen-bond donors (Lipinski definition) is 2. The van der Waals surface area contributed by atoms with Crippen LogP contribution in [0.4, 0.5) is 0 Å². The molecule has 1 aliphatic rings. The van der Waals surface area contributed by atoms with E-state index in [1.54, 1.807) is 0 Å². The molecule has 5 nitrogen and oxygen atoms in total. The molecular weight excluding hydrogens is 256 g/mol. The van der Waals surface area contributed by atoms with E-state index in [2.05, 4.69) is 17.2 Å². The van der Waals surface area contributed by atoms with Gasteiger partial charge in [0.15, 0.2) is 0 Å². The van der Waals surface area contributed by atoms with E-state index in [0.29, 0.717) is 5.92 Å².